The standard InChI is InChI=1S/C10H14O4/c11-7-8(12)5-6-14-10-4-2-1-3-9(10)13/h1-4,8,11-13H,5-7H2. The molecule has 1 unspecified atom stereocenters. The third-order valence-electron chi connectivity index (χ3n) is 1.78. The maximum absolute atomic E-state index is 9.30. The van der Waals surface area contributed by atoms with Gasteiger partial charge in [0.25, 0.3) is 0 Å². The predicted octanol–water partition coefficient (Wildman–Crippen LogP) is 0.514. The summed E-state index contributed by atoms with van der Waals surface area (Å²) in [4.78, 5) is 0. The lowest BCUT2D eigenvalue weighted by atomic mass is 10.3. The highest BCUT2D eigenvalue weighted by Gasteiger charge is 2.03. The molecule has 78 valence electrons. The molecular weight excluding hydrogens is 184 g/mol. The van der Waals surface area contributed by atoms with Crippen molar-refractivity contribution in [1.82, 2.24) is 0 Å². The lowest BCUT2D eigenvalue weighted by molar-refractivity contribution is 0.0750. The van der Waals surface area contributed by atoms with Crippen LogP contribution in [0.25, 0.3) is 0 Å². The summed E-state index contributed by atoms with van der Waals surface area (Å²) >= 11 is 0. The molecule has 0 aliphatic rings. The Hall–Kier alpha value is -1.26. The average molecular weight is 198 g/mol. The third kappa shape index (κ3) is 3.24. The number of aromatic hydroxyl groups is 1. The molecular formula is C10H14O4. The summed E-state index contributed by atoms with van der Waals surface area (Å²) in [5.41, 5.74) is 0. The first-order valence-electron chi connectivity index (χ1n) is 4.43. The van der Waals surface area contributed by atoms with Crippen LogP contribution in [0.3, 0.4) is 0 Å². The van der Waals surface area contributed by atoms with Crippen molar-refractivity contribution in [2.24, 2.45) is 0 Å². The molecule has 1 aromatic carbocycles. The summed E-state index contributed by atoms with van der Waals surface area (Å²) in [6.45, 7) is -0.0105. The van der Waals surface area contributed by atoms with E-state index in [4.69, 9.17) is 14.9 Å². The Morgan fingerprint density at radius 3 is 2.64 bits per heavy atom. The fourth-order valence-electron chi connectivity index (χ4n) is 0.975. The summed E-state index contributed by atoms with van der Waals surface area (Å²) < 4.78 is 5.19. The van der Waals surface area contributed by atoms with Crippen LogP contribution in [-0.4, -0.2) is 34.6 Å². The average Bonchev–Trinajstić information content (AvgIpc) is 2.20. The summed E-state index contributed by atoms with van der Waals surface area (Å²) in [6.07, 6.45) is -0.425. The molecule has 3 N–H and O–H groups in total. The van der Waals surface area contributed by atoms with E-state index in [1.54, 1.807) is 18.2 Å². The van der Waals surface area contributed by atoms with Crippen molar-refractivity contribution in [3.63, 3.8) is 0 Å². The maximum Gasteiger partial charge on any atom is 0.160 e. The van der Waals surface area contributed by atoms with Gasteiger partial charge in [-0.05, 0) is 12.1 Å². The molecule has 0 radical (unpaired) electrons. The molecule has 1 atom stereocenters. The molecule has 0 heterocycles. The molecule has 0 spiro atoms. The molecule has 0 aliphatic carbocycles. The number of benzene rings is 1. The second kappa shape index (κ2) is 5.47. The lowest BCUT2D eigenvalue weighted by Gasteiger charge is -2.09. The van der Waals surface area contributed by atoms with Crippen LogP contribution in [0, 0.1) is 0 Å². The van der Waals surface area contributed by atoms with E-state index in [1.165, 1.54) is 6.07 Å². The van der Waals surface area contributed by atoms with Crippen molar-refractivity contribution in [3.8, 4) is 11.5 Å². The number of hydrogen-bond acceptors (Lipinski definition) is 4. The Kier molecular flexibility index (Phi) is 4.22. The number of aliphatic hydroxyl groups excluding tert-OH is 2. The van der Waals surface area contributed by atoms with Crippen LogP contribution >= 0.6 is 0 Å². The highest BCUT2D eigenvalue weighted by atomic mass is 16.5. The summed E-state index contributed by atoms with van der Waals surface area (Å²) in [5, 5.41) is 26.8. The fourth-order valence-corrected chi connectivity index (χ4v) is 0.975. The molecule has 0 saturated carbocycles. The van der Waals surface area contributed by atoms with E-state index in [-0.39, 0.29) is 19.0 Å². The van der Waals surface area contributed by atoms with Crippen LogP contribution in [-0.2, 0) is 0 Å². The highest BCUT2D eigenvalue weighted by molar-refractivity contribution is 5.37. The van der Waals surface area contributed by atoms with Gasteiger partial charge in [-0.25, -0.2) is 0 Å². The lowest BCUT2D eigenvalue weighted by Crippen LogP contribution is -2.15. The Morgan fingerprint density at radius 2 is 2.00 bits per heavy atom. The van der Waals surface area contributed by atoms with Crippen LogP contribution in [0.2, 0.25) is 0 Å². The molecule has 0 fully saturated rings. The van der Waals surface area contributed by atoms with E-state index < -0.39 is 6.10 Å². The van der Waals surface area contributed by atoms with Gasteiger partial charge >= 0.3 is 0 Å². The van der Waals surface area contributed by atoms with Gasteiger partial charge in [0.2, 0.25) is 0 Å². The Labute approximate surface area is 82.4 Å². The fraction of sp³-hybridized carbons (Fsp3) is 0.400. The first kappa shape index (κ1) is 10.8. The first-order chi connectivity index (χ1) is 6.74. The summed E-state index contributed by atoms with van der Waals surface area (Å²) in [6, 6.07) is 6.61. The molecule has 0 bridgehead atoms. The van der Waals surface area contributed by atoms with Crippen molar-refractivity contribution < 1.29 is 20.1 Å². The van der Waals surface area contributed by atoms with Gasteiger partial charge < -0.3 is 20.1 Å². The van der Waals surface area contributed by atoms with E-state index in [1.807, 2.05) is 0 Å². The summed E-state index contributed by atoms with van der Waals surface area (Å²) in [5.74, 6) is 0.462. The number of aliphatic hydroxyl groups is 2. The second-order valence-corrected chi connectivity index (χ2v) is 2.94. The van der Waals surface area contributed by atoms with E-state index in [2.05, 4.69) is 0 Å². The number of ether oxygens (including phenoxy) is 1. The topological polar surface area (TPSA) is 69.9 Å². The van der Waals surface area contributed by atoms with Gasteiger partial charge in [0.05, 0.1) is 19.3 Å². The number of phenols is 1. The van der Waals surface area contributed by atoms with Crippen molar-refractivity contribution >= 4 is 0 Å². The van der Waals surface area contributed by atoms with Gasteiger partial charge in [0.1, 0.15) is 0 Å². The minimum atomic E-state index is -0.763. The van der Waals surface area contributed by atoms with Crippen molar-refractivity contribution in [3.05, 3.63) is 24.3 Å². The molecule has 1 aromatic rings. The molecule has 1 rings (SSSR count). The monoisotopic (exact) mass is 198 g/mol. The molecule has 0 amide bonds. The maximum atomic E-state index is 9.30. The third-order valence-corrected chi connectivity index (χ3v) is 1.78. The molecule has 14 heavy (non-hydrogen) atoms. The van der Waals surface area contributed by atoms with E-state index in [9.17, 15) is 5.11 Å². The number of para-hydroxylation sites is 2. The molecule has 4 heteroatoms. The number of rotatable bonds is 5. The molecule has 4 nitrogen and oxygen atoms in total. The van der Waals surface area contributed by atoms with Gasteiger partial charge in [0, 0.05) is 6.42 Å². The van der Waals surface area contributed by atoms with Gasteiger partial charge in [-0.15, -0.1) is 0 Å². The SMILES string of the molecule is OCC(O)CCOc1ccccc1O. The number of hydrogen-bond donors (Lipinski definition) is 3. The quantitative estimate of drug-likeness (QED) is 0.645. The van der Waals surface area contributed by atoms with Gasteiger partial charge in [-0.1, -0.05) is 12.1 Å². The second-order valence-electron chi connectivity index (χ2n) is 2.94. The van der Waals surface area contributed by atoms with Crippen molar-refractivity contribution in [2.75, 3.05) is 13.2 Å². The Bertz CT molecular complexity index is 275. The van der Waals surface area contributed by atoms with Crippen LogP contribution in [0.1, 0.15) is 6.42 Å². The number of phenolic OH excluding ortho intramolecular Hbond substituents is 1. The van der Waals surface area contributed by atoms with Crippen LogP contribution in [0.5, 0.6) is 11.5 Å². The van der Waals surface area contributed by atoms with E-state index in [0.717, 1.165) is 0 Å². The van der Waals surface area contributed by atoms with E-state index in [0.29, 0.717) is 12.2 Å². The molecule has 0 saturated heterocycles. The normalized spacial score (nSPS) is 12.4. The zero-order valence-electron chi connectivity index (χ0n) is 7.76. The first-order valence-corrected chi connectivity index (χ1v) is 4.43. The van der Waals surface area contributed by atoms with Crippen LogP contribution in [0.4, 0.5) is 0 Å². The van der Waals surface area contributed by atoms with Crippen molar-refractivity contribution in [2.45, 2.75) is 12.5 Å². The summed E-state index contributed by atoms with van der Waals surface area (Å²) in [7, 11) is 0. The van der Waals surface area contributed by atoms with Crippen LogP contribution < -0.4 is 4.74 Å². The van der Waals surface area contributed by atoms with Gasteiger partial charge in [-0.2, -0.15) is 0 Å². The minimum absolute atomic E-state index is 0.0750. The van der Waals surface area contributed by atoms with Crippen LogP contribution in [0.15, 0.2) is 24.3 Å². The Balaban J connectivity index is 2.35. The van der Waals surface area contributed by atoms with E-state index >= 15 is 0 Å². The van der Waals surface area contributed by atoms with Crippen molar-refractivity contribution in [1.29, 1.82) is 0 Å². The predicted molar refractivity (Wildman–Crippen MR) is 51.3 cm³/mol. The smallest absolute Gasteiger partial charge is 0.160 e. The Morgan fingerprint density at radius 1 is 1.29 bits per heavy atom. The molecule has 0 aliphatic heterocycles. The zero-order chi connectivity index (χ0) is 10.4. The highest BCUT2D eigenvalue weighted by Crippen LogP contribution is 2.24. The minimum Gasteiger partial charge on any atom is -0.504 e. The molecule has 0 aromatic heterocycles. The zero-order valence-corrected chi connectivity index (χ0v) is 7.76. The largest absolute Gasteiger partial charge is 0.504 e. The van der Waals surface area contributed by atoms with Gasteiger partial charge in [0.15, 0.2) is 11.5 Å². The van der Waals surface area contributed by atoms with Gasteiger partial charge in [-0.3, -0.25) is 0 Å².